The molecule has 0 unspecified atom stereocenters. The Balaban J connectivity index is 1.98. The number of hydrogen-bond acceptors (Lipinski definition) is 8. The topological polar surface area (TPSA) is 101 Å². The first-order chi connectivity index (χ1) is 16.9. The summed E-state index contributed by atoms with van der Waals surface area (Å²) in [6, 6.07) is 17.9. The Morgan fingerprint density at radius 3 is 2.11 bits per heavy atom. The number of ether oxygens (including phenoxy) is 4. The largest absolute Gasteiger partial charge is 0.467 e. The highest BCUT2D eigenvalue weighted by molar-refractivity contribution is 6.74. The lowest BCUT2D eigenvalue weighted by Gasteiger charge is -2.47. The Kier molecular flexibility index (Phi) is 9.07. The molecule has 0 amide bonds. The van der Waals surface area contributed by atoms with Crippen LogP contribution >= 0.6 is 0 Å². The van der Waals surface area contributed by atoms with Crippen molar-refractivity contribution < 1.29 is 38.1 Å². The molecule has 1 N–H and O–H groups in total. The summed E-state index contributed by atoms with van der Waals surface area (Å²) in [5.41, 5.74) is 1.18. The molecule has 0 bridgehead atoms. The molecule has 9 heteroatoms. The van der Waals surface area contributed by atoms with Gasteiger partial charge < -0.3 is 28.5 Å². The van der Waals surface area contributed by atoms with Gasteiger partial charge in [-0.25, -0.2) is 9.59 Å². The summed E-state index contributed by atoms with van der Waals surface area (Å²) in [6.07, 6.45) is -6.27. The number of methoxy groups -OCH3 is 1. The Hall–Kier alpha value is -2.56. The van der Waals surface area contributed by atoms with Crippen LogP contribution in [-0.4, -0.2) is 63.2 Å². The van der Waals surface area contributed by atoms with Crippen LogP contribution < -0.4 is 0 Å². The molecule has 1 saturated heterocycles. The van der Waals surface area contributed by atoms with Gasteiger partial charge in [0.15, 0.2) is 26.8 Å². The third-order valence-electron chi connectivity index (χ3n) is 6.71. The number of carbonyl (C=O) groups excluding carboxylic acids is 2. The molecule has 0 spiro atoms. The summed E-state index contributed by atoms with van der Waals surface area (Å²) in [5.74, 6) is -1.39. The molecule has 1 aliphatic rings. The molecule has 0 aliphatic carbocycles. The highest BCUT2D eigenvalue weighted by atomic mass is 28.4. The van der Waals surface area contributed by atoms with Crippen molar-refractivity contribution in [1.29, 1.82) is 0 Å². The van der Waals surface area contributed by atoms with E-state index >= 15 is 0 Å². The van der Waals surface area contributed by atoms with Crippen molar-refractivity contribution in [3.63, 3.8) is 0 Å². The molecule has 0 saturated carbocycles. The standard InChI is InChI=1S/C27H36O8Si/c1-27(2,3)36(5,6)35-26-23(33-24(29)19-15-11-8-12-16-19)21(20(28)22(34-26)25(30)31-4)32-17-18-13-9-7-10-14-18/h7-16,20-23,26,28H,17H2,1-6H3/t20-,21-,22+,23+,26+/m0/s1. The van der Waals surface area contributed by atoms with Crippen molar-refractivity contribution in [2.75, 3.05) is 7.11 Å². The van der Waals surface area contributed by atoms with Crippen LogP contribution in [0.1, 0.15) is 36.7 Å². The number of esters is 2. The molecule has 2 aromatic rings. The molecule has 1 heterocycles. The molecular formula is C27H36O8Si. The average Bonchev–Trinajstić information content (AvgIpc) is 2.85. The van der Waals surface area contributed by atoms with Crippen LogP contribution in [0.25, 0.3) is 0 Å². The Bertz CT molecular complexity index is 1010. The minimum absolute atomic E-state index is 0.114. The fourth-order valence-corrected chi connectivity index (χ4v) is 4.67. The van der Waals surface area contributed by atoms with Crippen LogP contribution in [0.4, 0.5) is 0 Å². The molecular weight excluding hydrogens is 480 g/mol. The minimum atomic E-state index is -2.48. The van der Waals surface area contributed by atoms with E-state index in [1.165, 1.54) is 7.11 Å². The van der Waals surface area contributed by atoms with Crippen molar-refractivity contribution >= 4 is 20.3 Å². The fourth-order valence-electron chi connectivity index (χ4n) is 3.55. The molecule has 2 aromatic carbocycles. The first-order valence-electron chi connectivity index (χ1n) is 12.0. The number of benzene rings is 2. The van der Waals surface area contributed by atoms with Gasteiger partial charge in [-0.05, 0) is 35.8 Å². The smallest absolute Gasteiger partial charge is 0.338 e. The van der Waals surface area contributed by atoms with Crippen LogP contribution in [0.2, 0.25) is 18.1 Å². The van der Waals surface area contributed by atoms with Crippen molar-refractivity contribution in [2.24, 2.45) is 0 Å². The number of aliphatic hydroxyl groups excluding tert-OH is 1. The van der Waals surface area contributed by atoms with Gasteiger partial charge in [-0.1, -0.05) is 69.3 Å². The molecule has 1 aliphatic heterocycles. The summed E-state index contributed by atoms with van der Waals surface area (Å²) in [4.78, 5) is 25.6. The average molecular weight is 517 g/mol. The Labute approximate surface area is 213 Å². The first kappa shape index (κ1) is 28.0. The van der Waals surface area contributed by atoms with E-state index in [0.29, 0.717) is 5.56 Å². The van der Waals surface area contributed by atoms with Crippen LogP contribution in [0.5, 0.6) is 0 Å². The molecule has 196 valence electrons. The quantitative estimate of drug-likeness (QED) is 0.414. The van der Waals surface area contributed by atoms with E-state index in [0.717, 1.165) is 5.56 Å². The van der Waals surface area contributed by atoms with E-state index in [1.807, 2.05) is 43.4 Å². The van der Waals surface area contributed by atoms with Crippen molar-refractivity contribution in [3.05, 3.63) is 71.8 Å². The molecule has 5 atom stereocenters. The summed E-state index contributed by atoms with van der Waals surface area (Å²) >= 11 is 0. The van der Waals surface area contributed by atoms with Gasteiger partial charge in [-0.3, -0.25) is 0 Å². The number of aliphatic hydroxyl groups is 1. The van der Waals surface area contributed by atoms with Crippen LogP contribution in [0.3, 0.4) is 0 Å². The zero-order chi connectivity index (χ0) is 26.5. The highest BCUT2D eigenvalue weighted by Crippen LogP contribution is 2.40. The minimum Gasteiger partial charge on any atom is -0.467 e. The van der Waals surface area contributed by atoms with Gasteiger partial charge in [0, 0.05) is 0 Å². The van der Waals surface area contributed by atoms with Crippen molar-refractivity contribution in [3.8, 4) is 0 Å². The van der Waals surface area contributed by atoms with Crippen LogP contribution in [-0.2, 0) is 34.8 Å². The van der Waals surface area contributed by atoms with Crippen molar-refractivity contribution in [2.45, 2.75) is 76.2 Å². The highest BCUT2D eigenvalue weighted by Gasteiger charge is 2.54. The molecule has 8 nitrogen and oxygen atoms in total. The summed E-state index contributed by atoms with van der Waals surface area (Å²) < 4.78 is 29.3. The lowest BCUT2D eigenvalue weighted by Crippen LogP contribution is -2.64. The van der Waals surface area contributed by atoms with Gasteiger partial charge in [0.2, 0.25) is 0 Å². The summed E-state index contributed by atoms with van der Waals surface area (Å²) in [5, 5.41) is 10.9. The maximum absolute atomic E-state index is 13.1. The number of hydrogen-bond donors (Lipinski definition) is 1. The van der Waals surface area contributed by atoms with Gasteiger partial charge in [0.1, 0.15) is 12.2 Å². The van der Waals surface area contributed by atoms with E-state index in [-0.39, 0.29) is 11.6 Å². The predicted molar refractivity (Wildman–Crippen MR) is 136 cm³/mol. The van der Waals surface area contributed by atoms with E-state index in [9.17, 15) is 14.7 Å². The monoisotopic (exact) mass is 516 g/mol. The second-order valence-electron chi connectivity index (χ2n) is 10.3. The normalized spacial score (nSPS) is 24.7. The van der Waals surface area contributed by atoms with E-state index in [1.54, 1.807) is 30.3 Å². The van der Waals surface area contributed by atoms with Gasteiger partial charge in [-0.15, -0.1) is 0 Å². The van der Waals surface area contributed by atoms with E-state index in [2.05, 4.69) is 20.8 Å². The Morgan fingerprint density at radius 1 is 0.972 bits per heavy atom. The third-order valence-corrected chi connectivity index (χ3v) is 11.1. The summed E-state index contributed by atoms with van der Waals surface area (Å²) in [6.45, 7) is 10.3. The van der Waals surface area contributed by atoms with Gasteiger partial charge in [-0.2, -0.15) is 0 Å². The second-order valence-corrected chi connectivity index (χ2v) is 15.1. The van der Waals surface area contributed by atoms with Gasteiger partial charge in [0.25, 0.3) is 0 Å². The van der Waals surface area contributed by atoms with E-state index < -0.39 is 51.0 Å². The van der Waals surface area contributed by atoms with Crippen LogP contribution in [0, 0.1) is 0 Å². The Morgan fingerprint density at radius 2 is 1.56 bits per heavy atom. The second kappa shape index (κ2) is 11.7. The number of rotatable bonds is 8. The maximum Gasteiger partial charge on any atom is 0.338 e. The zero-order valence-electron chi connectivity index (χ0n) is 21.7. The fraction of sp³-hybridized carbons (Fsp3) is 0.481. The molecule has 36 heavy (non-hydrogen) atoms. The van der Waals surface area contributed by atoms with Crippen LogP contribution in [0.15, 0.2) is 60.7 Å². The predicted octanol–water partition coefficient (Wildman–Crippen LogP) is 4.08. The SMILES string of the molecule is COC(=O)[C@@H]1O[C@H](O[Si](C)(C)C(C)(C)C)[C@H](OC(=O)c2ccccc2)[C@@H](OCc2ccccc2)[C@@H]1O. The molecule has 1 fully saturated rings. The van der Waals surface area contributed by atoms with Crippen molar-refractivity contribution in [1.82, 2.24) is 0 Å². The third kappa shape index (κ3) is 6.60. The molecule has 3 rings (SSSR count). The first-order valence-corrected chi connectivity index (χ1v) is 14.9. The lowest BCUT2D eigenvalue weighted by molar-refractivity contribution is -0.283. The summed E-state index contributed by atoms with van der Waals surface area (Å²) in [7, 11) is -1.27. The lowest BCUT2D eigenvalue weighted by atomic mass is 9.98. The molecule has 0 aromatic heterocycles. The van der Waals surface area contributed by atoms with E-state index in [4.69, 9.17) is 23.4 Å². The molecule has 0 radical (unpaired) electrons. The number of carbonyl (C=O) groups is 2. The maximum atomic E-state index is 13.1. The zero-order valence-corrected chi connectivity index (χ0v) is 22.7. The van der Waals surface area contributed by atoms with Gasteiger partial charge >= 0.3 is 11.9 Å². The van der Waals surface area contributed by atoms with Gasteiger partial charge in [0.05, 0.1) is 19.3 Å².